The molecule has 1 amide bonds. The summed E-state index contributed by atoms with van der Waals surface area (Å²) in [4.78, 5) is 26.5. The summed E-state index contributed by atoms with van der Waals surface area (Å²) >= 11 is 0. The van der Waals surface area contributed by atoms with Gasteiger partial charge in [-0.1, -0.05) is 42.5 Å². The Kier molecular flexibility index (Phi) is 6.32. The second-order valence-electron chi connectivity index (χ2n) is 7.98. The topological polar surface area (TPSA) is 76.5 Å². The van der Waals surface area contributed by atoms with Crippen molar-refractivity contribution in [3.8, 4) is 0 Å². The van der Waals surface area contributed by atoms with Crippen molar-refractivity contribution in [2.45, 2.75) is 32.2 Å². The van der Waals surface area contributed by atoms with Gasteiger partial charge >= 0.3 is 12.1 Å². The zero-order chi connectivity index (χ0) is 24.5. The predicted molar refractivity (Wildman–Crippen MR) is 118 cm³/mol. The summed E-state index contributed by atoms with van der Waals surface area (Å²) in [7, 11) is 1.27. The smallest absolute Gasteiger partial charge is 0.436 e. The Morgan fingerprint density at radius 3 is 2.38 bits per heavy atom. The van der Waals surface area contributed by atoms with Crippen LogP contribution in [0.15, 0.2) is 54.6 Å². The molecule has 4 rings (SSSR count). The van der Waals surface area contributed by atoms with Gasteiger partial charge < -0.3 is 15.0 Å². The van der Waals surface area contributed by atoms with Crippen LogP contribution in [-0.4, -0.2) is 35.3 Å². The molecule has 0 bridgehead atoms. The fraction of sp³-hybridized carbons (Fsp3) is 0.292. The molecule has 2 heterocycles. The molecule has 1 unspecified atom stereocenters. The summed E-state index contributed by atoms with van der Waals surface area (Å²) in [6.45, 7) is 2.71. The highest BCUT2D eigenvalue weighted by Crippen LogP contribution is 2.38. The van der Waals surface area contributed by atoms with Crippen LogP contribution >= 0.6 is 0 Å². The number of nitrogens with one attached hydrogen (secondary N) is 1. The number of amides is 1. The number of nitrogens with zero attached hydrogens (tertiary/aromatic N) is 3. The number of esters is 1. The van der Waals surface area contributed by atoms with Crippen LogP contribution in [0.4, 0.5) is 19.0 Å². The predicted octanol–water partition coefficient (Wildman–Crippen LogP) is 4.20. The van der Waals surface area contributed by atoms with E-state index >= 15 is 0 Å². The number of rotatable bonds is 6. The Hall–Kier alpha value is -3.82. The summed E-state index contributed by atoms with van der Waals surface area (Å²) in [5.74, 6) is -1.22. The van der Waals surface area contributed by atoms with Crippen LogP contribution in [-0.2, 0) is 24.0 Å². The molecule has 0 saturated carbocycles. The van der Waals surface area contributed by atoms with Gasteiger partial charge in [0.1, 0.15) is 11.4 Å². The number of carbonyl (C=O) groups excluding carboxylic acids is 2. The fourth-order valence-corrected chi connectivity index (χ4v) is 3.99. The SMILES string of the molecule is COC(=O)c1ccc(C(C)NC(=O)c2c(C(F)(F)F)nn3c2N(Cc2ccccc2)CC3)cc1. The number of fused-ring (bicyclic) bond motifs is 1. The van der Waals surface area contributed by atoms with Crippen molar-refractivity contribution in [1.82, 2.24) is 15.1 Å². The van der Waals surface area contributed by atoms with E-state index < -0.39 is 35.4 Å². The van der Waals surface area contributed by atoms with Gasteiger partial charge in [0, 0.05) is 13.1 Å². The quantitative estimate of drug-likeness (QED) is 0.545. The molecular formula is C24H23F3N4O3. The molecule has 2 aromatic carbocycles. The van der Waals surface area contributed by atoms with Crippen molar-refractivity contribution in [3.05, 3.63) is 82.5 Å². The van der Waals surface area contributed by atoms with Crippen LogP contribution in [0.5, 0.6) is 0 Å². The van der Waals surface area contributed by atoms with Gasteiger partial charge in [-0.25, -0.2) is 9.48 Å². The van der Waals surface area contributed by atoms with E-state index in [0.717, 1.165) is 5.56 Å². The Morgan fingerprint density at radius 2 is 1.76 bits per heavy atom. The van der Waals surface area contributed by atoms with Crippen LogP contribution in [0.3, 0.4) is 0 Å². The van der Waals surface area contributed by atoms with Crippen molar-refractivity contribution < 1.29 is 27.5 Å². The third-order valence-electron chi connectivity index (χ3n) is 5.70. The minimum atomic E-state index is -4.78. The lowest BCUT2D eigenvalue weighted by Crippen LogP contribution is -2.31. The molecular weight excluding hydrogens is 449 g/mol. The molecule has 3 aromatic rings. The average molecular weight is 472 g/mol. The summed E-state index contributed by atoms with van der Waals surface area (Å²) < 4.78 is 47.3. The molecule has 0 aliphatic carbocycles. The zero-order valence-electron chi connectivity index (χ0n) is 18.6. The first-order valence-electron chi connectivity index (χ1n) is 10.6. The van der Waals surface area contributed by atoms with E-state index in [9.17, 15) is 22.8 Å². The Labute approximate surface area is 194 Å². The molecule has 10 heteroatoms. The largest absolute Gasteiger partial charge is 0.465 e. The maximum absolute atomic E-state index is 13.8. The Bertz CT molecular complexity index is 1190. The molecule has 7 nitrogen and oxygen atoms in total. The number of hydrogen-bond acceptors (Lipinski definition) is 5. The van der Waals surface area contributed by atoms with Crippen LogP contribution in [0.2, 0.25) is 0 Å². The van der Waals surface area contributed by atoms with Crippen molar-refractivity contribution in [2.24, 2.45) is 0 Å². The van der Waals surface area contributed by atoms with Gasteiger partial charge in [-0.15, -0.1) is 0 Å². The van der Waals surface area contributed by atoms with Gasteiger partial charge in [0.2, 0.25) is 0 Å². The van der Waals surface area contributed by atoms with Crippen molar-refractivity contribution in [2.75, 3.05) is 18.6 Å². The lowest BCUT2D eigenvalue weighted by Gasteiger charge is -2.21. The average Bonchev–Trinajstić information content (AvgIpc) is 3.39. The van der Waals surface area contributed by atoms with E-state index in [1.807, 2.05) is 30.3 Å². The van der Waals surface area contributed by atoms with E-state index in [0.29, 0.717) is 24.2 Å². The molecule has 0 spiro atoms. The number of ether oxygens (including phenoxy) is 1. The third kappa shape index (κ3) is 4.61. The number of methoxy groups -OCH3 is 1. The molecule has 0 saturated heterocycles. The molecule has 1 aromatic heterocycles. The zero-order valence-corrected chi connectivity index (χ0v) is 18.6. The van der Waals surface area contributed by atoms with Crippen LogP contribution in [0.25, 0.3) is 0 Å². The van der Waals surface area contributed by atoms with Crippen molar-refractivity contribution in [1.29, 1.82) is 0 Å². The van der Waals surface area contributed by atoms with Crippen LogP contribution in [0, 0.1) is 0 Å². The summed E-state index contributed by atoms with van der Waals surface area (Å²) in [6.07, 6.45) is -4.78. The van der Waals surface area contributed by atoms with E-state index in [1.165, 1.54) is 23.9 Å². The Morgan fingerprint density at radius 1 is 1.09 bits per heavy atom. The van der Waals surface area contributed by atoms with Gasteiger partial charge in [-0.2, -0.15) is 18.3 Å². The van der Waals surface area contributed by atoms with Gasteiger partial charge in [-0.05, 0) is 30.2 Å². The fourth-order valence-electron chi connectivity index (χ4n) is 3.99. The lowest BCUT2D eigenvalue weighted by molar-refractivity contribution is -0.141. The number of alkyl halides is 3. The van der Waals surface area contributed by atoms with Crippen molar-refractivity contribution in [3.63, 3.8) is 0 Å². The van der Waals surface area contributed by atoms with E-state index in [-0.39, 0.29) is 12.4 Å². The van der Waals surface area contributed by atoms with Gasteiger partial charge in [-0.3, -0.25) is 4.79 Å². The number of aromatic nitrogens is 2. The maximum atomic E-state index is 13.8. The van der Waals surface area contributed by atoms with Gasteiger partial charge in [0.25, 0.3) is 5.91 Å². The number of halogens is 3. The third-order valence-corrected chi connectivity index (χ3v) is 5.70. The number of carbonyl (C=O) groups is 2. The number of benzene rings is 2. The van der Waals surface area contributed by atoms with Crippen molar-refractivity contribution >= 4 is 17.7 Å². The molecule has 1 aliphatic heterocycles. The molecule has 34 heavy (non-hydrogen) atoms. The Balaban J connectivity index is 1.62. The van der Waals surface area contributed by atoms with E-state index in [1.54, 1.807) is 24.0 Å². The molecule has 0 radical (unpaired) electrons. The standard InChI is InChI=1S/C24H23F3N4O3/c1-15(17-8-10-18(11-9-17)23(33)34-2)28-21(32)19-20(24(25,26)27)29-31-13-12-30(22(19)31)14-16-6-4-3-5-7-16/h3-11,15H,12-14H2,1-2H3,(H,28,32). The van der Waals surface area contributed by atoms with Crippen LogP contribution < -0.4 is 10.2 Å². The van der Waals surface area contributed by atoms with Gasteiger partial charge in [0.15, 0.2) is 5.69 Å². The highest BCUT2D eigenvalue weighted by atomic mass is 19.4. The van der Waals surface area contributed by atoms with Crippen LogP contribution in [0.1, 0.15) is 50.5 Å². The summed E-state index contributed by atoms with van der Waals surface area (Å²) in [5, 5.41) is 6.39. The highest BCUT2D eigenvalue weighted by molar-refractivity contribution is 6.01. The maximum Gasteiger partial charge on any atom is 0.436 e. The molecule has 178 valence electrons. The first kappa shape index (κ1) is 23.3. The lowest BCUT2D eigenvalue weighted by atomic mass is 10.1. The second-order valence-corrected chi connectivity index (χ2v) is 7.98. The summed E-state index contributed by atoms with van der Waals surface area (Å²) in [5.41, 5.74) is 0.177. The number of anilines is 1. The van der Waals surface area contributed by atoms with E-state index in [2.05, 4.69) is 15.2 Å². The second kappa shape index (κ2) is 9.20. The minimum absolute atomic E-state index is 0.155. The first-order valence-corrected chi connectivity index (χ1v) is 10.6. The monoisotopic (exact) mass is 472 g/mol. The minimum Gasteiger partial charge on any atom is -0.465 e. The van der Waals surface area contributed by atoms with Gasteiger partial charge in [0.05, 0.1) is 25.3 Å². The summed E-state index contributed by atoms with van der Waals surface area (Å²) in [6, 6.07) is 15.0. The first-order chi connectivity index (χ1) is 16.2. The molecule has 1 aliphatic rings. The molecule has 1 N–H and O–H groups in total. The molecule has 1 atom stereocenters. The highest BCUT2D eigenvalue weighted by Gasteiger charge is 2.44. The molecule has 0 fully saturated rings. The number of hydrogen-bond donors (Lipinski definition) is 1. The van der Waals surface area contributed by atoms with E-state index in [4.69, 9.17) is 0 Å². The normalized spacial score (nSPS) is 14.0.